The molecule has 0 aromatic carbocycles. The summed E-state index contributed by atoms with van der Waals surface area (Å²) in [5.74, 6) is 2.34. The van der Waals surface area contributed by atoms with Gasteiger partial charge in [0, 0.05) is 37.7 Å². The van der Waals surface area contributed by atoms with Crippen molar-refractivity contribution in [2.24, 2.45) is 10.4 Å². The summed E-state index contributed by atoms with van der Waals surface area (Å²) in [5.41, 5.74) is 0.546. The minimum absolute atomic E-state index is 0. The molecular formula is C13H26IN3S. The lowest BCUT2D eigenvalue weighted by atomic mass is 10.1. The van der Waals surface area contributed by atoms with E-state index in [1.807, 2.05) is 7.05 Å². The Morgan fingerprint density at radius 2 is 2.22 bits per heavy atom. The first-order chi connectivity index (χ1) is 8.17. The molecule has 1 saturated heterocycles. The Balaban J connectivity index is 0.00000162. The van der Waals surface area contributed by atoms with E-state index in [2.05, 4.69) is 40.8 Å². The standard InChI is InChI=1S/C13H25N3S.HI/c1-4-11-9-16(7-8-17-11)12(14-3)15-10-13(2)5-6-13;/h11H,4-10H2,1-3H3,(H,14,15);1H. The zero-order valence-corrected chi connectivity index (χ0v) is 14.9. The first-order valence-corrected chi connectivity index (χ1v) is 7.79. The zero-order chi connectivity index (χ0) is 12.3. The normalized spacial score (nSPS) is 26.5. The molecule has 18 heavy (non-hydrogen) atoms. The third-order valence-corrected chi connectivity index (χ3v) is 5.25. The lowest BCUT2D eigenvalue weighted by Crippen LogP contribution is -2.48. The van der Waals surface area contributed by atoms with Crippen molar-refractivity contribution in [1.82, 2.24) is 10.2 Å². The molecule has 1 N–H and O–H groups in total. The highest BCUT2D eigenvalue weighted by molar-refractivity contribution is 14.0. The molecule has 2 rings (SSSR count). The number of thioether (sulfide) groups is 1. The summed E-state index contributed by atoms with van der Waals surface area (Å²) in [7, 11) is 1.90. The van der Waals surface area contributed by atoms with Gasteiger partial charge in [0.25, 0.3) is 0 Å². The molecule has 1 aliphatic heterocycles. The van der Waals surface area contributed by atoms with E-state index in [0.717, 1.165) is 30.8 Å². The van der Waals surface area contributed by atoms with Crippen LogP contribution in [0.4, 0.5) is 0 Å². The second-order valence-corrected chi connectivity index (χ2v) is 6.97. The van der Waals surface area contributed by atoms with Gasteiger partial charge in [0.15, 0.2) is 5.96 Å². The van der Waals surface area contributed by atoms with Crippen LogP contribution in [-0.4, -0.2) is 48.5 Å². The van der Waals surface area contributed by atoms with Crippen molar-refractivity contribution in [3.8, 4) is 0 Å². The fourth-order valence-corrected chi connectivity index (χ4v) is 3.35. The molecule has 0 spiro atoms. The molecule has 0 bridgehead atoms. The number of hydrogen-bond acceptors (Lipinski definition) is 2. The summed E-state index contributed by atoms with van der Waals surface area (Å²) >= 11 is 2.11. The fraction of sp³-hybridized carbons (Fsp3) is 0.923. The Morgan fingerprint density at radius 1 is 1.50 bits per heavy atom. The van der Waals surface area contributed by atoms with Crippen LogP contribution in [0, 0.1) is 5.41 Å². The van der Waals surface area contributed by atoms with Gasteiger partial charge in [-0.1, -0.05) is 13.8 Å². The van der Waals surface area contributed by atoms with Crippen molar-refractivity contribution in [1.29, 1.82) is 0 Å². The van der Waals surface area contributed by atoms with Crippen LogP contribution in [0.3, 0.4) is 0 Å². The molecule has 0 aromatic heterocycles. The third kappa shape index (κ3) is 4.47. The average Bonchev–Trinajstić information content (AvgIpc) is 3.09. The zero-order valence-electron chi connectivity index (χ0n) is 11.7. The quantitative estimate of drug-likeness (QED) is 0.462. The monoisotopic (exact) mass is 383 g/mol. The first kappa shape index (κ1) is 16.4. The van der Waals surface area contributed by atoms with Gasteiger partial charge >= 0.3 is 0 Å². The second kappa shape index (κ2) is 7.22. The molecule has 1 saturated carbocycles. The van der Waals surface area contributed by atoms with Crippen molar-refractivity contribution in [3.63, 3.8) is 0 Å². The minimum Gasteiger partial charge on any atom is -0.356 e. The summed E-state index contributed by atoms with van der Waals surface area (Å²) in [6.07, 6.45) is 3.99. The van der Waals surface area contributed by atoms with E-state index in [1.54, 1.807) is 0 Å². The van der Waals surface area contributed by atoms with E-state index in [-0.39, 0.29) is 24.0 Å². The smallest absolute Gasteiger partial charge is 0.193 e. The number of nitrogens with one attached hydrogen (secondary N) is 1. The van der Waals surface area contributed by atoms with Crippen molar-refractivity contribution in [2.75, 3.05) is 32.4 Å². The number of rotatable bonds is 3. The number of halogens is 1. The Bertz CT molecular complexity index is 292. The van der Waals surface area contributed by atoms with E-state index in [9.17, 15) is 0 Å². The topological polar surface area (TPSA) is 27.6 Å². The van der Waals surface area contributed by atoms with Crippen LogP contribution >= 0.6 is 35.7 Å². The predicted octanol–water partition coefficient (Wildman–Crippen LogP) is 2.81. The molecule has 0 amide bonds. The fourth-order valence-electron chi connectivity index (χ4n) is 2.17. The molecule has 1 aliphatic carbocycles. The Labute approximate surface area is 133 Å². The molecule has 3 nitrogen and oxygen atoms in total. The molecular weight excluding hydrogens is 357 g/mol. The molecule has 2 fully saturated rings. The molecule has 106 valence electrons. The van der Waals surface area contributed by atoms with Crippen molar-refractivity contribution in [2.45, 2.75) is 38.4 Å². The van der Waals surface area contributed by atoms with Gasteiger partial charge in [-0.2, -0.15) is 11.8 Å². The van der Waals surface area contributed by atoms with E-state index in [0.29, 0.717) is 5.41 Å². The van der Waals surface area contributed by atoms with Crippen LogP contribution in [0.1, 0.15) is 33.1 Å². The highest BCUT2D eigenvalue weighted by Crippen LogP contribution is 2.44. The van der Waals surface area contributed by atoms with Gasteiger partial charge < -0.3 is 10.2 Å². The van der Waals surface area contributed by atoms with Gasteiger partial charge in [0.05, 0.1) is 0 Å². The lowest BCUT2D eigenvalue weighted by molar-refractivity contribution is 0.400. The van der Waals surface area contributed by atoms with Crippen LogP contribution < -0.4 is 5.32 Å². The van der Waals surface area contributed by atoms with Gasteiger partial charge in [0.1, 0.15) is 0 Å². The van der Waals surface area contributed by atoms with E-state index in [4.69, 9.17) is 0 Å². The van der Waals surface area contributed by atoms with Crippen LogP contribution in [0.25, 0.3) is 0 Å². The summed E-state index contributed by atoms with van der Waals surface area (Å²) < 4.78 is 0. The summed E-state index contributed by atoms with van der Waals surface area (Å²) in [6, 6.07) is 0. The van der Waals surface area contributed by atoms with Crippen molar-refractivity contribution < 1.29 is 0 Å². The van der Waals surface area contributed by atoms with Gasteiger partial charge in [-0.15, -0.1) is 24.0 Å². The molecule has 1 heterocycles. The van der Waals surface area contributed by atoms with E-state index < -0.39 is 0 Å². The predicted molar refractivity (Wildman–Crippen MR) is 92.2 cm³/mol. The summed E-state index contributed by atoms with van der Waals surface area (Å²) in [5, 5.41) is 4.33. The van der Waals surface area contributed by atoms with Crippen LogP contribution in [0.2, 0.25) is 0 Å². The third-order valence-electron chi connectivity index (χ3n) is 3.88. The highest BCUT2D eigenvalue weighted by atomic mass is 127. The van der Waals surface area contributed by atoms with Gasteiger partial charge in [-0.3, -0.25) is 4.99 Å². The average molecular weight is 383 g/mol. The molecule has 1 unspecified atom stereocenters. The molecule has 0 radical (unpaired) electrons. The maximum Gasteiger partial charge on any atom is 0.193 e. The second-order valence-electron chi connectivity index (χ2n) is 5.56. The largest absolute Gasteiger partial charge is 0.356 e. The number of hydrogen-bond donors (Lipinski definition) is 1. The van der Waals surface area contributed by atoms with E-state index >= 15 is 0 Å². The van der Waals surface area contributed by atoms with Crippen LogP contribution in [-0.2, 0) is 0 Å². The number of guanidine groups is 1. The number of nitrogens with zero attached hydrogens (tertiary/aromatic N) is 2. The SMILES string of the molecule is CCC1CN(C(=NC)NCC2(C)CC2)CCS1.I. The summed E-state index contributed by atoms with van der Waals surface area (Å²) in [6.45, 7) is 8.01. The van der Waals surface area contributed by atoms with Crippen molar-refractivity contribution >= 4 is 41.7 Å². The highest BCUT2D eigenvalue weighted by Gasteiger charge is 2.37. The first-order valence-electron chi connectivity index (χ1n) is 6.74. The Hall–Kier alpha value is 0.350. The van der Waals surface area contributed by atoms with Gasteiger partial charge in [-0.05, 0) is 24.7 Å². The molecule has 1 atom stereocenters. The lowest BCUT2D eigenvalue weighted by Gasteiger charge is -2.34. The maximum atomic E-state index is 4.43. The molecule has 5 heteroatoms. The molecule has 2 aliphatic rings. The van der Waals surface area contributed by atoms with Crippen LogP contribution in [0.5, 0.6) is 0 Å². The van der Waals surface area contributed by atoms with Crippen LogP contribution in [0.15, 0.2) is 4.99 Å². The van der Waals surface area contributed by atoms with Gasteiger partial charge in [-0.25, -0.2) is 0 Å². The number of aliphatic imine (C=N–C) groups is 1. The summed E-state index contributed by atoms with van der Waals surface area (Å²) in [4.78, 5) is 6.86. The maximum absolute atomic E-state index is 4.43. The Morgan fingerprint density at radius 3 is 2.78 bits per heavy atom. The minimum atomic E-state index is 0. The van der Waals surface area contributed by atoms with E-state index in [1.165, 1.54) is 25.0 Å². The molecule has 0 aromatic rings. The Kier molecular flexibility index (Phi) is 6.58. The van der Waals surface area contributed by atoms with Crippen molar-refractivity contribution in [3.05, 3.63) is 0 Å². The van der Waals surface area contributed by atoms with Gasteiger partial charge in [0.2, 0.25) is 0 Å².